The number of hydrogen-bond donors (Lipinski definition) is 1. The van der Waals surface area contributed by atoms with Crippen molar-refractivity contribution in [3.05, 3.63) is 67.0 Å². The average molecular weight is 394 g/mol. The number of benzene rings is 2. The fourth-order valence-corrected chi connectivity index (χ4v) is 3.83. The lowest BCUT2D eigenvalue weighted by Gasteiger charge is -2.05. The zero-order valence-electron chi connectivity index (χ0n) is 14.0. The summed E-state index contributed by atoms with van der Waals surface area (Å²) in [5.41, 5.74) is 1.87. The molecule has 0 fully saturated rings. The predicted octanol–water partition coefficient (Wildman–Crippen LogP) is 3.52. The van der Waals surface area contributed by atoms with Gasteiger partial charge in [0.2, 0.25) is 11.0 Å². The number of nitrogens with one attached hydrogen (secondary N) is 1. The van der Waals surface area contributed by atoms with Crippen molar-refractivity contribution in [2.24, 2.45) is 0 Å². The SMILES string of the molecule is O=C(CSc1ncnn1-c1ccccc1)Nc1nnc(-c2ccccc2)s1. The van der Waals surface area contributed by atoms with Crippen LogP contribution in [0.15, 0.2) is 72.1 Å². The zero-order chi connectivity index (χ0) is 18.5. The standard InChI is InChI=1S/C18H14N6OS2/c25-15(21-17-23-22-16(27-17)13-7-3-1-4-8-13)11-26-18-19-12-20-24(18)14-9-5-2-6-10-14/h1-10,12H,11H2,(H,21,23,25). The van der Waals surface area contributed by atoms with Gasteiger partial charge in [0, 0.05) is 5.56 Å². The van der Waals surface area contributed by atoms with E-state index in [0.717, 1.165) is 16.3 Å². The third kappa shape index (κ3) is 4.21. The molecule has 0 spiro atoms. The van der Waals surface area contributed by atoms with Crippen molar-refractivity contribution in [2.75, 3.05) is 11.1 Å². The van der Waals surface area contributed by atoms with Gasteiger partial charge in [-0.2, -0.15) is 5.10 Å². The maximum atomic E-state index is 12.3. The van der Waals surface area contributed by atoms with Gasteiger partial charge in [-0.05, 0) is 12.1 Å². The van der Waals surface area contributed by atoms with E-state index in [-0.39, 0.29) is 11.7 Å². The highest BCUT2D eigenvalue weighted by atomic mass is 32.2. The summed E-state index contributed by atoms with van der Waals surface area (Å²) in [6, 6.07) is 19.4. The Labute approximate surface area is 163 Å². The maximum Gasteiger partial charge on any atom is 0.236 e. The number of aromatic nitrogens is 5. The molecule has 7 nitrogen and oxygen atoms in total. The number of anilines is 1. The molecule has 27 heavy (non-hydrogen) atoms. The smallest absolute Gasteiger partial charge is 0.236 e. The molecule has 0 aliphatic heterocycles. The van der Waals surface area contributed by atoms with Crippen molar-refractivity contribution >= 4 is 34.1 Å². The Balaban J connectivity index is 1.37. The Morgan fingerprint density at radius 1 is 1.04 bits per heavy atom. The number of amides is 1. The number of carbonyl (C=O) groups excluding carboxylic acids is 1. The predicted molar refractivity (Wildman–Crippen MR) is 106 cm³/mol. The van der Waals surface area contributed by atoms with Crippen LogP contribution in [0.4, 0.5) is 5.13 Å². The van der Waals surface area contributed by atoms with Crippen molar-refractivity contribution in [2.45, 2.75) is 5.16 Å². The molecule has 0 radical (unpaired) electrons. The van der Waals surface area contributed by atoms with Gasteiger partial charge in [-0.1, -0.05) is 71.6 Å². The number of rotatable bonds is 6. The Hall–Kier alpha value is -3.04. The van der Waals surface area contributed by atoms with E-state index in [0.29, 0.717) is 10.3 Å². The Kier molecular flexibility index (Phi) is 5.22. The van der Waals surface area contributed by atoms with E-state index in [1.807, 2.05) is 60.7 Å². The summed E-state index contributed by atoms with van der Waals surface area (Å²) in [6.45, 7) is 0. The Morgan fingerprint density at radius 2 is 1.78 bits per heavy atom. The zero-order valence-corrected chi connectivity index (χ0v) is 15.7. The third-order valence-electron chi connectivity index (χ3n) is 3.54. The van der Waals surface area contributed by atoms with Crippen LogP contribution in [-0.4, -0.2) is 36.6 Å². The lowest BCUT2D eigenvalue weighted by molar-refractivity contribution is -0.113. The van der Waals surface area contributed by atoms with E-state index < -0.39 is 0 Å². The average Bonchev–Trinajstić information content (AvgIpc) is 3.37. The molecule has 0 unspecified atom stereocenters. The molecule has 2 aromatic carbocycles. The van der Waals surface area contributed by atoms with E-state index >= 15 is 0 Å². The maximum absolute atomic E-state index is 12.3. The van der Waals surface area contributed by atoms with Gasteiger partial charge in [0.1, 0.15) is 11.3 Å². The first-order valence-electron chi connectivity index (χ1n) is 8.06. The van der Waals surface area contributed by atoms with Gasteiger partial charge in [-0.3, -0.25) is 10.1 Å². The molecular formula is C18H14N6OS2. The molecule has 134 valence electrons. The Morgan fingerprint density at radius 3 is 2.56 bits per heavy atom. The lowest BCUT2D eigenvalue weighted by atomic mass is 10.2. The first kappa shape index (κ1) is 17.4. The van der Waals surface area contributed by atoms with Crippen molar-refractivity contribution in [3.8, 4) is 16.3 Å². The molecule has 2 heterocycles. The number of nitrogens with zero attached hydrogens (tertiary/aromatic N) is 5. The van der Waals surface area contributed by atoms with Crippen LogP contribution >= 0.6 is 23.1 Å². The second-order valence-electron chi connectivity index (χ2n) is 5.41. The van der Waals surface area contributed by atoms with Crippen molar-refractivity contribution < 1.29 is 4.79 Å². The van der Waals surface area contributed by atoms with Gasteiger partial charge in [0.15, 0.2) is 5.16 Å². The van der Waals surface area contributed by atoms with Crippen LogP contribution < -0.4 is 5.32 Å². The quantitative estimate of drug-likeness (QED) is 0.504. The highest BCUT2D eigenvalue weighted by Crippen LogP contribution is 2.26. The second kappa shape index (κ2) is 8.11. The summed E-state index contributed by atoms with van der Waals surface area (Å²) >= 11 is 2.65. The van der Waals surface area contributed by atoms with Crippen molar-refractivity contribution in [1.82, 2.24) is 25.0 Å². The molecule has 0 bridgehead atoms. The minimum absolute atomic E-state index is 0.168. The first-order valence-corrected chi connectivity index (χ1v) is 9.87. The van der Waals surface area contributed by atoms with Gasteiger partial charge in [-0.25, -0.2) is 9.67 Å². The van der Waals surface area contributed by atoms with E-state index in [4.69, 9.17) is 0 Å². The first-order chi connectivity index (χ1) is 13.3. The normalized spacial score (nSPS) is 10.7. The monoisotopic (exact) mass is 394 g/mol. The fraction of sp³-hybridized carbons (Fsp3) is 0.0556. The summed E-state index contributed by atoms with van der Waals surface area (Å²) in [7, 11) is 0. The fourth-order valence-electron chi connectivity index (χ4n) is 2.33. The number of carbonyl (C=O) groups is 1. The van der Waals surface area contributed by atoms with E-state index in [2.05, 4.69) is 25.6 Å². The third-order valence-corrected chi connectivity index (χ3v) is 5.37. The molecule has 9 heteroatoms. The minimum Gasteiger partial charge on any atom is -0.300 e. The molecule has 0 saturated carbocycles. The van der Waals surface area contributed by atoms with Crippen LogP contribution in [0.25, 0.3) is 16.3 Å². The topological polar surface area (TPSA) is 85.6 Å². The molecule has 0 atom stereocenters. The van der Waals surface area contributed by atoms with Crippen molar-refractivity contribution in [3.63, 3.8) is 0 Å². The summed E-state index contributed by atoms with van der Waals surface area (Å²) in [5.74, 6) is 0.0320. The van der Waals surface area contributed by atoms with Crippen LogP contribution in [0.1, 0.15) is 0 Å². The van der Waals surface area contributed by atoms with Crippen molar-refractivity contribution in [1.29, 1.82) is 0 Å². The molecule has 2 aromatic heterocycles. The van der Waals surface area contributed by atoms with Crippen LogP contribution in [0.2, 0.25) is 0 Å². The van der Waals surface area contributed by atoms with Crippen LogP contribution in [0, 0.1) is 0 Å². The lowest BCUT2D eigenvalue weighted by Crippen LogP contribution is -2.14. The van der Waals surface area contributed by atoms with Gasteiger partial charge < -0.3 is 0 Å². The molecular weight excluding hydrogens is 380 g/mol. The summed E-state index contributed by atoms with van der Waals surface area (Å²) < 4.78 is 1.70. The summed E-state index contributed by atoms with van der Waals surface area (Å²) in [4.78, 5) is 16.5. The van der Waals surface area contributed by atoms with E-state index in [1.165, 1.54) is 29.4 Å². The highest BCUT2D eigenvalue weighted by Gasteiger charge is 2.13. The van der Waals surface area contributed by atoms with E-state index in [9.17, 15) is 4.79 Å². The van der Waals surface area contributed by atoms with E-state index in [1.54, 1.807) is 4.68 Å². The number of thioether (sulfide) groups is 1. The number of hydrogen-bond acceptors (Lipinski definition) is 7. The second-order valence-corrected chi connectivity index (χ2v) is 7.33. The molecule has 1 N–H and O–H groups in total. The van der Waals surface area contributed by atoms with Crippen LogP contribution in [0.5, 0.6) is 0 Å². The molecule has 0 aliphatic rings. The van der Waals surface area contributed by atoms with Gasteiger partial charge >= 0.3 is 0 Å². The van der Waals surface area contributed by atoms with Crippen LogP contribution in [-0.2, 0) is 4.79 Å². The molecule has 4 rings (SSSR count). The van der Waals surface area contributed by atoms with Gasteiger partial charge in [-0.15, -0.1) is 10.2 Å². The summed E-state index contributed by atoms with van der Waals surface area (Å²) in [6.07, 6.45) is 1.48. The molecule has 1 amide bonds. The van der Waals surface area contributed by atoms with Gasteiger partial charge in [0.25, 0.3) is 0 Å². The van der Waals surface area contributed by atoms with Crippen LogP contribution in [0.3, 0.4) is 0 Å². The molecule has 4 aromatic rings. The molecule has 0 aliphatic carbocycles. The highest BCUT2D eigenvalue weighted by molar-refractivity contribution is 7.99. The van der Waals surface area contributed by atoms with Gasteiger partial charge in [0.05, 0.1) is 11.4 Å². The largest absolute Gasteiger partial charge is 0.300 e. The Bertz CT molecular complexity index is 1030. The minimum atomic E-state index is -0.168. The number of para-hydroxylation sites is 1. The summed E-state index contributed by atoms with van der Waals surface area (Å²) in [5, 5.41) is 17.1. The molecule has 0 saturated heterocycles.